The third-order valence-corrected chi connectivity index (χ3v) is 2.56. The maximum atomic E-state index is 10.7. The third-order valence-electron chi connectivity index (χ3n) is 2.27. The highest BCUT2D eigenvalue weighted by Crippen LogP contribution is 2.25. The third kappa shape index (κ3) is 4.67. The molecule has 1 aromatic carbocycles. The minimum Gasteiger partial charge on any atom is -0.492 e. The molecule has 0 fully saturated rings. The topological polar surface area (TPSA) is 26.3 Å². The number of benzene rings is 1. The smallest absolute Gasteiger partial charge is 0.137 e. The average Bonchev–Trinajstić information content (AvgIpc) is 2.20. The maximum absolute atomic E-state index is 10.7. The Labute approximate surface area is 102 Å². The van der Waals surface area contributed by atoms with E-state index in [0.29, 0.717) is 18.1 Å². The van der Waals surface area contributed by atoms with Crippen LogP contribution >= 0.6 is 11.6 Å². The molecule has 0 amide bonds. The summed E-state index contributed by atoms with van der Waals surface area (Å²) in [5.41, 5.74) is 1.12. The van der Waals surface area contributed by atoms with Crippen molar-refractivity contribution in [3.8, 4) is 5.75 Å². The first-order valence-electron chi connectivity index (χ1n) is 5.48. The molecule has 3 heteroatoms. The molecule has 0 heterocycles. The van der Waals surface area contributed by atoms with Gasteiger partial charge in [0.25, 0.3) is 0 Å². The number of ketones is 1. The van der Waals surface area contributed by atoms with Gasteiger partial charge in [-0.05, 0) is 44.4 Å². The van der Waals surface area contributed by atoms with E-state index in [0.717, 1.165) is 24.2 Å². The fourth-order valence-corrected chi connectivity index (χ4v) is 1.67. The number of carbonyl (C=O) groups is 1. The second-order valence-corrected chi connectivity index (χ2v) is 4.35. The molecule has 0 aliphatic heterocycles. The zero-order valence-corrected chi connectivity index (χ0v) is 10.5. The van der Waals surface area contributed by atoms with E-state index in [4.69, 9.17) is 16.3 Å². The Hall–Kier alpha value is -1.02. The predicted molar refractivity (Wildman–Crippen MR) is 66.2 cm³/mol. The van der Waals surface area contributed by atoms with Crippen LogP contribution in [0.5, 0.6) is 5.75 Å². The fourth-order valence-electron chi connectivity index (χ4n) is 1.38. The van der Waals surface area contributed by atoms with Crippen LogP contribution in [0.2, 0.25) is 5.02 Å². The number of Topliss-reactive ketones (excluding diaryl/α,β-unsaturated/α-hetero) is 1. The van der Waals surface area contributed by atoms with Crippen molar-refractivity contribution in [2.24, 2.45) is 0 Å². The molecule has 0 aliphatic rings. The van der Waals surface area contributed by atoms with Crippen molar-refractivity contribution in [3.05, 3.63) is 28.8 Å². The molecule has 0 N–H and O–H groups in total. The molecule has 0 saturated carbocycles. The molecule has 1 aromatic rings. The molecule has 88 valence electrons. The number of ether oxygens (including phenoxy) is 1. The quantitative estimate of drug-likeness (QED) is 0.708. The number of carbonyl (C=O) groups excluding carboxylic acids is 1. The Balaban J connectivity index is 2.29. The summed E-state index contributed by atoms with van der Waals surface area (Å²) in [5.74, 6) is 0.948. The normalized spacial score (nSPS) is 10.2. The highest BCUT2D eigenvalue weighted by Gasteiger charge is 2.01. The minimum absolute atomic E-state index is 0.230. The van der Waals surface area contributed by atoms with Gasteiger partial charge in [-0.2, -0.15) is 0 Å². The van der Waals surface area contributed by atoms with Crippen molar-refractivity contribution in [3.63, 3.8) is 0 Å². The molecule has 0 spiro atoms. The zero-order valence-electron chi connectivity index (χ0n) is 9.75. The standard InChI is InChI=1S/C13H17ClO2/c1-10-6-7-13(12(14)9-10)16-8-4-3-5-11(2)15/h6-7,9H,3-5,8H2,1-2H3. The molecular formula is C13H17ClO2. The van der Waals surface area contributed by atoms with Gasteiger partial charge >= 0.3 is 0 Å². The second-order valence-electron chi connectivity index (χ2n) is 3.94. The summed E-state index contributed by atoms with van der Waals surface area (Å²) < 4.78 is 5.53. The summed E-state index contributed by atoms with van der Waals surface area (Å²) in [7, 11) is 0. The Morgan fingerprint density at radius 2 is 2.12 bits per heavy atom. The van der Waals surface area contributed by atoms with Crippen molar-refractivity contribution >= 4 is 17.4 Å². The van der Waals surface area contributed by atoms with E-state index in [9.17, 15) is 4.79 Å². The number of halogens is 1. The first-order chi connectivity index (χ1) is 7.59. The molecule has 0 saturated heterocycles. The first-order valence-corrected chi connectivity index (χ1v) is 5.86. The molecule has 0 atom stereocenters. The number of rotatable bonds is 6. The van der Waals surface area contributed by atoms with Gasteiger partial charge in [-0.15, -0.1) is 0 Å². The zero-order chi connectivity index (χ0) is 12.0. The van der Waals surface area contributed by atoms with Crippen molar-refractivity contribution in [2.45, 2.75) is 33.1 Å². The van der Waals surface area contributed by atoms with Crippen LogP contribution < -0.4 is 4.74 Å². The Bertz CT molecular complexity index is 361. The largest absolute Gasteiger partial charge is 0.492 e. The Morgan fingerprint density at radius 3 is 2.75 bits per heavy atom. The highest BCUT2D eigenvalue weighted by molar-refractivity contribution is 6.32. The van der Waals surface area contributed by atoms with Crippen LogP contribution in [0.25, 0.3) is 0 Å². The number of hydrogen-bond acceptors (Lipinski definition) is 2. The van der Waals surface area contributed by atoms with E-state index >= 15 is 0 Å². The van der Waals surface area contributed by atoms with Gasteiger partial charge in [0.2, 0.25) is 0 Å². The summed E-state index contributed by atoms with van der Waals surface area (Å²) in [6.45, 7) is 4.20. The molecule has 0 bridgehead atoms. The van der Waals surface area contributed by atoms with E-state index in [1.165, 1.54) is 0 Å². The van der Waals surface area contributed by atoms with Crippen molar-refractivity contribution in [2.75, 3.05) is 6.61 Å². The van der Waals surface area contributed by atoms with E-state index in [1.807, 2.05) is 25.1 Å². The summed E-state index contributed by atoms with van der Waals surface area (Å²) in [4.78, 5) is 10.7. The summed E-state index contributed by atoms with van der Waals surface area (Å²) in [6, 6.07) is 5.73. The lowest BCUT2D eigenvalue weighted by Crippen LogP contribution is -1.99. The van der Waals surface area contributed by atoms with Crippen LogP contribution in [-0.4, -0.2) is 12.4 Å². The van der Waals surface area contributed by atoms with Gasteiger partial charge in [-0.25, -0.2) is 0 Å². The molecule has 2 nitrogen and oxygen atoms in total. The lowest BCUT2D eigenvalue weighted by atomic mass is 10.2. The lowest BCUT2D eigenvalue weighted by molar-refractivity contribution is -0.117. The van der Waals surface area contributed by atoms with Crippen LogP contribution in [0, 0.1) is 6.92 Å². The van der Waals surface area contributed by atoms with Crippen molar-refractivity contribution < 1.29 is 9.53 Å². The summed E-state index contributed by atoms with van der Waals surface area (Å²) in [5, 5.41) is 0.645. The molecule has 0 radical (unpaired) electrons. The predicted octanol–water partition coefficient (Wildman–Crippen LogP) is 3.79. The Morgan fingerprint density at radius 1 is 1.38 bits per heavy atom. The van der Waals surface area contributed by atoms with Gasteiger partial charge in [-0.1, -0.05) is 17.7 Å². The monoisotopic (exact) mass is 240 g/mol. The Kier molecular flexibility index (Phi) is 5.33. The van der Waals surface area contributed by atoms with Crippen LogP contribution in [0.3, 0.4) is 0 Å². The lowest BCUT2D eigenvalue weighted by Gasteiger charge is -2.08. The second kappa shape index (κ2) is 6.54. The van der Waals surface area contributed by atoms with Gasteiger partial charge in [0, 0.05) is 6.42 Å². The van der Waals surface area contributed by atoms with Crippen molar-refractivity contribution in [1.82, 2.24) is 0 Å². The molecule has 0 aliphatic carbocycles. The van der Waals surface area contributed by atoms with Gasteiger partial charge < -0.3 is 9.53 Å². The van der Waals surface area contributed by atoms with E-state index < -0.39 is 0 Å². The van der Waals surface area contributed by atoms with Crippen molar-refractivity contribution in [1.29, 1.82) is 0 Å². The van der Waals surface area contributed by atoms with Crippen LogP contribution in [0.4, 0.5) is 0 Å². The highest BCUT2D eigenvalue weighted by atomic mass is 35.5. The van der Waals surface area contributed by atoms with Gasteiger partial charge in [-0.3, -0.25) is 0 Å². The minimum atomic E-state index is 0.230. The number of hydrogen-bond donors (Lipinski definition) is 0. The van der Waals surface area contributed by atoms with Crippen LogP contribution in [0.1, 0.15) is 31.7 Å². The molecule has 0 unspecified atom stereocenters. The molecular weight excluding hydrogens is 224 g/mol. The van der Waals surface area contributed by atoms with E-state index in [2.05, 4.69) is 0 Å². The SMILES string of the molecule is CC(=O)CCCCOc1ccc(C)cc1Cl. The molecule has 16 heavy (non-hydrogen) atoms. The summed E-state index contributed by atoms with van der Waals surface area (Å²) >= 11 is 6.01. The molecule has 0 aromatic heterocycles. The van der Waals surface area contributed by atoms with E-state index in [-0.39, 0.29) is 5.78 Å². The van der Waals surface area contributed by atoms with Gasteiger partial charge in [0.15, 0.2) is 0 Å². The molecule has 1 rings (SSSR count). The van der Waals surface area contributed by atoms with Crippen LogP contribution in [0.15, 0.2) is 18.2 Å². The van der Waals surface area contributed by atoms with Crippen LogP contribution in [-0.2, 0) is 4.79 Å². The van der Waals surface area contributed by atoms with Gasteiger partial charge in [0.05, 0.1) is 11.6 Å². The van der Waals surface area contributed by atoms with Gasteiger partial charge in [0.1, 0.15) is 11.5 Å². The maximum Gasteiger partial charge on any atom is 0.137 e. The summed E-state index contributed by atoms with van der Waals surface area (Å²) in [6.07, 6.45) is 2.38. The average molecular weight is 241 g/mol. The van der Waals surface area contributed by atoms with E-state index in [1.54, 1.807) is 6.92 Å². The number of aryl methyl sites for hydroxylation is 1. The fraction of sp³-hybridized carbons (Fsp3) is 0.462. The number of unbranched alkanes of at least 4 members (excludes halogenated alkanes) is 1. The first kappa shape index (κ1) is 13.0.